The van der Waals surface area contributed by atoms with Gasteiger partial charge in [0, 0.05) is 39.3 Å². The summed E-state index contributed by atoms with van der Waals surface area (Å²) >= 11 is 0. The quantitative estimate of drug-likeness (QED) is 0.913. The van der Waals surface area contributed by atoms with Gasteiger partial charge in [-0.15, -0.1) is 0 Å². The van der Waals surface area contributed by atoms with Crippen molar-refractivity contribution in [2.24, 2.45) is 0 Å². The van der Waals surface area contributed by atoms with Crippen LogP contribution < -0.4 is 10.2 Å². The van der Waals surface area contributed by atoms with E-state index in [2.05, 4.69) is 26.3 Å². The molecule has 1 N–H and O–H groups in total. The summed E-state index contributed by atoms with van der Waals surface area (Å²) in [6, 6.07) is 6.48. The summed E-state index contributed by atoms with van der Waals surface area (Å²) in [5.41, 5.74) is 0. The van der Waals surface area contributed by atoms with Crippen LogP contribution in [0.3, 0.4) is 0 Å². The molecule has 6 nitrogen and oxygen atoms in total. The van der Waals surface area contributed by atoms with Gasteiger partial charge >= 0.3 is 0 Å². The van der Waals surface area contributed by atoms with E-state index in [-0.39, 0.29) is 0 Å². The number of nitrogens with one attached hydrogen (secondary N) is 1. The second-order valence-corrected chi connectivity index (χ2v) is 6.03. The van der Waals surface area contributed by atoms with Crippen LogP contribution in [0.5, 0.6) is 0 Å². The van der Waals surface area contributed by atoms with E-state index >= 15 is 0 Å². The van der Waals surface area contributed by atoms with Crippen LogP contribution in [-0.2, 0) is 6.54 Å². The Kier molecular flexibility index (Phi) is 4.29. The van der Waals surface area contributed by atoms with Gasteiger partial charge in [-0.1, -0.05) is 0 Å². The largest absolute Gasteiger partial charge is 0.465 e. The first-order valence-corrected chi connectivity index (χ1v) is 7.64. The number of hydrogen-bond donors (Lipinski definition) is 1. The zero-order valence-corrected chi connectivity index (χ0v) is 13.4. The fourth-order valence-electron chi connectivity index (χ4n) is 2.76. The molecule has 3 rings (SSSR count). The third kappa shape index (κ3) is 3.57. The van der Waals surface area contributed by atoms with Crippen molar-refractivity contribution in [3.63, 3.8) is 0 Å². The maximum atomic E-state index is 5.65. The van der Waals surface area contributed by atoms with E-state index in [4.69, 9.17) is 4.42 Å². The highest BCUT2D eigenvalue weighted by molar-refractivity contribution is 5.48. The summed E-state index contributed by atoms with van der Waals surface area (Å²) in [5.74, 6) is 3.81. The van der Waals surface area contributed by atoms with Gasteiger partial charge in [-0.25, -0.2) is 9.97 Å². The molecule has 1 saturated heterocycles. The van der Waals surface area contributed by atoms with Crippen LogP contribution in [0, 0.1) is 6.92 Å². The average Bonchev–Trinajstić information content (AvgIpc) is 3.09. The molecule has 1 aliphatic heterocycles. The summed E-state index contributed by atoms with van der Waals surface area (Å²) < 4.78 is 5.65. The molecule has 0 bridgehead atoms. The van der Waals surface area contributed by atoms with Gasteiger partial charge in [-0.2, -0.15) is 0 Å². The van der Waals surface area contributed by atoms with Crippen molar-refractivity contribution in [2.45, 2.75) is 25.9 Å². The Labute approximate surface area is 131 Å². The third-order valence-corrected chi connectivity index (χ3v) is 3.91. The number of rotatable bonds is 5. The Bertz CT molecular complexity index is 625. The minimum absolute atomic E-state index is 0.418. The maximum absolute atomic E-state index is 5.65. The molecule has 2 aromatic heterocycles. The SMILES string of the molecule is Cc1ccc(CN2CCC(Nc3cc(N(C)C)ncn3)C2)o1. The van der Waals surface area contributed by atoms with E-state index in [1.165, 1.54) is 0 Å². The molecule has 0 amide bonds. The number of hydrogen-bond acceptors (Lipinski definition) is 6. The zero-order chi connectivity index (χ0) is 15.5. The number of aryl methyl sites for hydroxylation is 1. The van der Waals surface area contributed by atoms with Crippen molar-refractivity contribution in [2.75, 3.05) is 37.4 Å². The molecule has 0 radical (unpaired) electrons. The summed E-state index contributed by atoms with van der Waals surface area (Å²) in [5, 5.41) is 3.51. The van der Waals surface area contributed by atoms with Crippen molar-refractivity contribution < 1.29 is 4.42 Å². The summed E-state index contributed by atoms with van der Waals surface area (Å²) in [7, 11) is 3.96. The lowest BCUT2D eigenvalue weighted by Gasteiger charge is -2.17. The monoisotopic (exact) mass is 301 g/mol. The number of nitrogens with zero attached hydrogens (tertiary/aromatic N) is 4. The predicted octanol–water partition coefficient (Wildman–Crippen LogP) is 2.13. The molecule has 0 saturated carbocycles. The van der Waals surface area contributed by atoms with Crippen molar-refractivity contribution in [1.82, 2.24) is 14.9 Å². The van der Waals surface area contributed by atoms with Crippen LogP contribution in [0.2, 0.25) is 0 Å². The zero-order valence-electron chi connectivity index (χ0n) is 13.4. The van der Waals surface area contributed by atoms with Crippen LogP contribution in [0.1, 0.15) is 17.9 Å². The Morgan fingerprint density at radius 3 is 2.95 bits per heavy atom. The van der Waals surface area contributed by atoms with Gasteiger partial charge in [0.15, 0.2) is 0 Å². The number of anilines is 2. The van der Waals surface area contributed by atoms with Gasteiger partial charge in [0.05, 0.1) is 6.54 Å². The molecule has 6 heteroatoms. The first-order chi connectivity index (χ1) is 10.6. The number of likely N-dealkylation sites (tertiary alicyclic amines) is 1. The second-order valence-electron chi connectivity index (χ2n) is 6.03. The van der Waals surface area contributed by atoms with Gasteiger partial charge in [-0.3, -0.25) is 4.90 Å². The van der Waals surface area contributed by atoms with Crippen molar-refractivity contribution in [1.29, 1.82) is 0 Å². The van der Waals surface area contributed by atoms with Gasteiger partial charge in [0.1, 0.15) is 29.5 Å². The van der Waals surface area contributed by atoms with E-state index in [1.54, 1.807) is 6.33 Å². The summed E-state index contributed by atoms with van der Waals surface area (Å²) in [6.07, 6.45) is 2.72. The first kappa shape index (κ1) is 14.8. The Morgan fingerprint density at radius 1 is 1.36 bits per heavy atom. The number of aromatic nitrogens is 2. The van der Waals surface area contributed by atoms with E-state index < -0.39 is 0 Å². The molecule has 22 heavy (non-hydrogen) atoms. The summed E-state index contributed by atoms with van der Waals surface area (Å²) in [6.45, 7) is 4.93. The molecule has 0 spiro atoms. The van der Waals surface area contributed by atoms with Crippen LogP contribution in [-0.4, -0.2) is 48.1 Å². The summed E-state index contributed by atoms with van der Waals surface area (Å²) in [4.78, 5) is 12.9. The molecule has 1 unspecified atom stereocenters. The molecule has 2 aromatic rings. The van der Waals surface area contributed by atoms with Crippen LogP contribution in [0.15, 0.2) is 28.9 Å². The normalized spacial score (nSPS) is 18.6. The molecular formula is C16H23N5O. The molecule has 0 aromatic carbocycles. The highest BCUT2D eigenvalue weighted by Crippen LogP contribution is 2.19. The maximum Gasteiger partial charge on any atom is 0.133 e. The van der Waals surface area contributed by atoms with E-state index in [0.29, 0.717) is 6.04 Å². The second kappa shape index (κ2) is 6.36. The molecule has 3 heterocycles. The lowest BCUT2D eigenvalue weighted by Crippen LogP contribution is -2.26. The average molecular weight is 301 g/mol. The third-order valence-electron chi connectivity index (χ3n) is 3.91. The minimum Gasteiger partial charge on any atom is -0.465 e. The van der Waals surface area contributed by atoms with Crippen molar-refractivity contribution in [3.05, 3.63) is 36.0 Å². The molecule has 0 aliphatic carbocycles. The molecule has 118 valence electrons. The molecular weight excluding hydrogens is 278 g/mol. The first-order valence-electron chi connectivity index (χ1n) is 7.64. The van der Waals surface area contributed by atoms with E-state index in [0.717, 1.165) is 49.2 Å². The Morgan fingerprint density at radius 2 is 2.23 bits per heavy atom. The predicted molar refractivity (Wildman–Crippen MR) is 87.1 cm³/mol. The van der Waals surface area contributed by atoms with Gasteiger partial charge < -0.3 is 14.6 Å². The van der Waals surface area contributed by atoms with E-state index in [9.17, 15) is 0 Å². The van der Waals surface area contributed by atoms with Crippen LogP contribution in [0.4, 0.5) is 11.6 Å². The lowest BCUT2D eigenvalue weighted by molar-refractivity contribution is 0.292. The van der Waals surface area contributed by atoms with Gasteiger partial charge in [0.25, 0.3) is 0 Å². The van der Waals surface area contributed by atoms with Crippen molar-refractivity contribution >= 4 is 11.6 Å². The lowest BCUT2D eigenvalue weighted by atomic mass is 10.2. The highest BCUT2D eigenvalue weighted by atomic mass is 16.3. The van der Waals surface area contributed by atoms with Crippen LogP contribution in [0.25, 0.3) is 0 Å². The van der Waals surface area contributed by atoms with Crippen molar-refractivity contribution in [3.8, 4) is 0 Å². The number of furan rings is 1. The smallest absolute Gasteiger partial charge is 0.133 e. The van der Waals surface area contributed by atoms with E-state index in [1.807, 2.05) is 38.1 Å². The topological polar surface area (TPSA) is 57.4 Å². The molecule has 1 fully saturated rings. The van der Waals surface area contributed by atoms with Gasteiger partial charge in [0.2, 0.25) is 0 Å². The molecule has 1 aliphatic rings. The minimum atomic E-state index is 0.418. The highest BCUT2D eigenvalue weighted by Gasteiger charge is 2.23. The Balaban J connectivity index is 1.55. The Hall–Kier alpha value is -2.08. The fourth-order valence-corrected chi connectivity index (χ4v) is 2.76. The van der Waals surface area contributed by atoms with Crippen LogP contribution >= 0.6 is 0 Å². The van der Waals surface area contributed by atoms with Gasteiger partial charge in [-0.05, 0) is 25.5 Å². The fraction of sp³-hybridized carbons (Fsp3) is 0.500. The standard InChI is InChI=1S/C16H23N5O/c1-12-4-5-14(22-12)10-21-7-6-13(9-21)19-15-8-16(20(2)3)18-11-17-15/h4-5,8,11,13H,6-7,9-10H2,1-3H3,(H,17,18,19). The molecule has 1 atom stereocenters.